The molecule has 0 aliphatic carbocycles. The van der Waals surface area contributed by atoms with Crippen LogP contribution in [0.5, 0.6) is 0 Å². The molecule has 0 unspecified atom stereocenters. The zero-order valence-electron chi connectivity index (χ0n) is 7.33. The van der Waals surface area contributed by atoms with Crippen LogP contribution in [0.1, 0.15) is 5.69 Å². The molecule has 7 nitrogen and oxygen atoms in total. The van der Waals surface area contributed by atoms with Crippen molar-refractivity contribution in [1.29, 1.82) is 0 Å². The minimum absolute atomic E-state index is 0.0222. The van der Waals surface area contributed by atoms with E-state index in [1.165, 1.54) is 6.20 Å². The van der Waals surface area contributed by atoms with Crippen molar-refractivity contribution in [1.82, 2.24) is 8.75 Å². The summed E-state index contributed by atoms with van der Waals surface area (Å²) in [6, 6.07) is 0. The van der Waals surface area contributed by atoms with Gasteiger partial charge >= 0.3 is 11.9 Å². The Hall–Kier alpha value is -1.25. The van der Waals surface area contributed by atoms with Gasteiger partial charge in [0.2, 0.25) is 10.5 Å². The number of carbonyl (C=O) groups excluding carboxylic acids is 1. The Morgan fingerprint density at radius 2 is 2.25 bits per heavy atom. The van der Waals surface area contributed by atoms with Gasteiger partial charge in [0.25, 0.3) is 0 Å². The summed E-state index contributed by atoms with van der Waals surface area (Å²) in [5.41, 5.74) is -0.581. The van der Waals surface area contributed by atoms with Gasteiger partial charge < -0.3 is 9.94 Å². The molecule has 0 spiro atoms. The first-order chi connectivity index (χ1) is 7.52. The summed E-state index contributed by atoms with van der Waals surface area (Å²) in [6.45, 7) is 0. The number of oxime groups is 1. The molecule has 0 aliphatic rings. The third-order valence-electron chi connectivity index (χ3n) is 1.21. The lowest BCUT2D eigenvalue weighted by Gasteiger charge is -1.98. The number of carboxylic acid groups (broad SMARTS) is 1. The molecule has 0 fully saturated rings. The van der Waals surface area contributed by atoms with E-state index in [1.54, 1.807) is 0 Å². The molecule has 1 heterocycles. The van der Waals surface area contributed by atoms with Crippen molar-refractivity contribution in [3.63, 3.8) is 0 Å². The zero-order valence-corrected chi connectivity index (χ0v) is 9.66. The minimum atomic E-state index is -1.44. The SMILES string of the molecule is O=C(O)/C(=N/OC(=O)C(Cl)Cl)c1cnsn1. The number of aliphatic carboxylic acids is 1. The number of carboxylic acids is 1. The normalized spacial score (nSPS) is 11.6. The summed E-state index contributed by atoms with van der Waals surface area (Å²) in [7, 11) is 0. The van der Waals surface area contributed by atoms with Crippen molar-refractivity contribution in [2.75, 3.05) is 0 Å². The summed E-state index contributed by atoms with van der Waals surface area (Å²) in [5, 5.41) is 11.8. The molecule has 0 bridgehead atoms. The van der Waals surface area contributed by atoms with E-state index in [9.17, 15) is 9.59 Å². The van der Waals surface area contributed by atoms with Gasteiger partial charge in [0, 0.05) is 0 Å². The van der Waals surface area contributed by atoms with Crippen LogP contribution in [0.4, 0.5) is 0 Å². The van der Waals surface area contributed by atoms with Crippen molar-refractivity contribution in [2.24, 2.45) is 5.16 Å². The molecule has 10 heteroatoms. The fourth-order valence-corrected chi connectivity index (χ4v) is 1.09. The number of hydrogen-bond donors (Lipinski definition) is 1. The monoisotopic (exact) mass is 283 g/mol. The Bertz CT molecular complexity index is 419. The lowest BCUT2D eigenvalue weighted by molar-refractivity contribution is -0.141. The zero-order chi connectivity index (χ0) is 12.1. The molecule has 16 heavy (non-hydrogen) atoms. The maximum Gasteiger partial charge on any atom is 0.367 e. The fourth-order valence-electron chi connectivity index (χ4n) is 0.595. The molecule has 0 aliphatic heterocycles. The van der Waals surface area contributed by atoms with E-state index < -0.39 is 22.5 Å². The molecule has 0 atom stereocenters. The van der Waals surface area contributed by atoms with Crippen LogP contribution in [0, 0.1) is 0 Å². The number of hydrogen-bond acceptors (Lipinski definition) is 7. The average molecular weight is 284 g/mol. The van der Waals surface area contributed by atoms with E-state index in [0.29, 0.717) is 0 Å². The van der Waals surface area contributed by atoms with Crippen molar-refractivity contribution in [3.8, 4) is 0 Å². The lowest BCUT2D eigenvalue weighted by Crippen LogP contribution is -2.18. The number of alkyl halides is 2. The Labute approximate surface area is 103 Å². The number of carbonyl (C=O) groups is 2. The molecule has 0 saturated carbocycles. The molecule has 1 aromatic heterocycles. The van der Waals surface area contributed by atoms with E-state index >= 15 is 0 Å². The van der Waals surface area contributed by atoms with Crippen LogP contribution < -0.4 is 0 Å². The van der Waals surface area contributed by atoms with Gasteiger partial charge in [-0.2, -0.15) is 8.75 Å². The summed E-state index contributed by atoms with van der Waals surface area (Å²) in [5.74, 6) is -2.49. The van der Waals surface area contributed by atoms with Gasteiger partial charge in [-0.1, -0.05) is 28.4 Å². The van der Waals surface area contributed by atoms with Crippen molar-refractivity contribution in [2.45, 2.75) is 4.84 Å². The van der Waals surface area contributed by atoms with Gasteiger partial charge in [-0.25, -0.2) is 9.59 Å². The van der Waals surface area contributed by atoms with E-state index in [4.69, 9.17) is 28.3 Å². The number of aromatic nitrogens is 2. The first kappa shape index (κ1) is 12.8. The first-order valence-corrected chi connectivity index (χ1v) is 5.21. The number of nitrogens with zero attached hydrogens (tertiary/aromatic N) is 3. The molecule has 86 valence electrons. The highest BCUT2D eigenvalue weighted by Crippen LogP contribution is 2.05. The van der Waals surface area contributed by atoms with Gasteiger partial charge in [0.1, 0.15) is 5.69 Å². The summed E-state index contributed by atoms with van der Waals surface area (Å²) < 4.78 is 7.20. The van der Waals surface area contributed by atoms with Crippen LogP contribution in [0.2, 0.25) is 0 Å². The van der Waals surface area contributed by atoms with Crippen molar-refractivity contribution < 1.29 is 19.5 Å². The van der Waals surface area contributed by atoms with E-state index in [-0.39, 0.29) is 5.69 Å². The second-order valence-electron chi connectivity index (χ2n) is 2.25. The van der Waals surface area contributed by atoms with Crippen LogP contribution in [0.25, 0.3) is 0 Å². The van der Waals surface area contributed by atoms with E-state index in [1.807, 2.05) is 0 Å². The highest BCUT2D eigenvalue weighted by Gasteiger charge is 2.19. The maximum absolute atomic E-state index is 10.8. The maximum atomic E-state index is 10.8. The van der Waals surface area contributed by atoms with Crippen LogP contribution in [0.3, 0.4) is 0 Å². The highest BCUT2D eigenvalue weighted by atomic mass is 35.5. The van der Waals surface area contributed by atoms with E-state index in [2.05, 4.69) is 18.7 Å². The molecular formula is C6H3Cl2N3O4S. The largest absolute Gasteiger partial charge is 0.476 e. The van der Waals surface area contributed by atoms with Gasteiger partial charge in [-0.05, 0) is 0 Å². The van der Waals surface area contributed by atoms with Crippen LogP contribution in [0.15, 0.2) is 11.4 Å². The Kier molecular flexibility index (Phi) is 4.59. The Morgan fingerprint density at radius 3 is 2.69 bits per heavy atom. The van der Waals surface area contributed by atoms with Gasteiger partial charge in [0.15, 0.2) is 0 Å². The third kappa shape index (κ3) is 3.40. The summed E-state index contributed by atoms with van der Waals surface area (Å²) in [6.07, 6.45) is 1.17. The molecule has 0 saturated heterocycles. The first-order valence-electron chi connectivity index (χ1n) is 3.60. The second-order valence-corrected chi connectivity index (χ2v) is 3.90. The third-order valence-corrected chi connectivity index (χ3v) is 2.05. The van der Waals surface area contributed by atoms with Crippen LogP contribution in [-0.4, -0.2) is 36.3 Å². The van der Waals surface area contributed by atoms with Gasteiger partial charge in [-0.3, -0.25) is 0 Å². The minimum Gasteiger partial charge on any atom is -0.476 e. The molecule has 1 N–H and O–H groups in total. The molecule has 0 amide bonds. The number of rotatable bonds is 4. The average Bonchev–Trinajstić information content (AvgIpc) is 2.70. The molecule has 1 rings (SSSR count). The standard InChI is InChI=1S/C6H3Cl2N3O4S/c7-4(8)6(14)15-10-3(5(12)13)2-1-9-16-11-2/h1,4H,(H,12,13)/b10-3+. The molecule has 0 aromatic carbocycles. The van der Waals surface area contributed by atoms with Crippen molar-refractivity contribution in [3.05, 3.63) is 11.9 Å². The second kappa shape index (κ2) is 5.73. The topological polar surface area (TPSA) is 102 Å². The number of halogens is 2. The molecule has 1 aromatic rings. The summed E-state index contributed by atoms with van der Waals surface area (Å²) in [4.78, 5) is 24.3. The quantitative estimate of drug-likeness (QED) is 0.377. The molecule has 0 radical (unpaired) electrons. The Morgan fingerprint density at radius 1 is 1.56 bits per heavy atom. The lowest BCUT2D eigenvalue weighted by atomic mass is 10.3. The van der Waals surface area contributed by atoms with Crippen LogP contribution in [-0.2, 0) is 14.4 Å². The van der Waals surface area contributed by atoms with Crippen molar-refractivity contribution >= 4 is 52.6 Å². The fraction of sp³-hybridized carbons (Fsp3) is 0.167. The van der Waals surface area contributed by atoms with Crippen LogP contribution >= 0.6 is 34.9 Å². The Balaban J connectivity index is 2.84. The summed E-state index contributed by atoms with van der Waals surface area (Å²) >= 11 is 11.1. The predicted molar refractivity (Wildman–Crippen MR) is 55.7 cm³/mol. The smallest absolute Gasteiger partial charge is 0.367 e. The van der Waals surface area contributed by atoms with Gasteiger partial charge in [-0.15, -0.1) is 0 Å². The highest BCUT2D eigenvalue weighted by molar-refractivity contribution is 6.99. The van der Waals surface area contributed by atoms with E-state index in [0.717, 1.165) is 11.7 Å². The van der Waals surface area contributed by atoms with Gasteiger partial charge in [0.05, 0.1) is 17.9 Å². The molecular weight excluding hydrogens is 281 g/mol. The predicted octanol–water partition coefficient (Wildman–Crippen LogP) is 0.674.